The topological polar surface area (TPSA) is 97.9 Å². The highest BCUT2D eigenvalue weighted by Crippen LogP contribution is 2.40. The normalized spacial score (nSPS) is 16.6. The predicted octanol–water partition coefficient (Wildman–Crippen LogP) is 4.67. The summed E-state index contributed by atoms with van der Waals surface area (Å²) in [6, 6.07) is 8.87. The van der Waals surface area contributed by atoms with Crippen molar-refractivity contribution in [2.45, 2.75) is 26.3 Å². The standard InChI is InChI=1S/C21H18N4O3S/c1-11-9-12(2)23-20-17(11)18(22)19(29-20)21(26)25-14(16-6-4-8-28-16)10-13(24-25)15-5-3-7-27-15/h3-9,14H,10,22H2,1-2H3/t14-/m1/s1. The lowest BCUT2D eigenvalue weighted by Gasteiger charge is -2.19. The molecule has 0 unspecified atom stereocenters. The Morgan fingerprint density at radius 3 is 2.76 bits per heavy atom. The van der Waals surface area contributed by atoms with Crippen LogP contribution in [0.15, 0.2) is 56.8 Å². The van der Waals surface area contributed by atoms with Gasteiger partial charge in [0.05, 0.1) is 18.2 Å². The molecule has 2 N–H and O–H groups in total. The van der Waals surface area contributed by atoms with Crippen LogP contribution >= 0.6 is 11.3 Å². The van der Waals surface area contributed by atoms with E-state index in [9.17, 15) is 4.79 Å². The largest absolute Gasteiger partial charge is 0.467 e. The Labute approximate surface area is 170 Å². The second-order valence-corrected chi connectivity index (χ2v) is 8.01. The van der Waals surface area contributed by atoms with E-state index in [0.717, 1.165) is 21.5 Å². The first-order valence-electron chi connectivity index (χ1n) is 9.17. The Balaban J connectivity index is 1.60. The minimum Gasteiger partial charge on any atom is -0.467 e. The molecule has 0 spiro atoms. The molecule has 5 rings (SSSR count). The molecule has 1 amide bonds. The van der Waals surface area contributed by atoms with Gasteiger partial charge in [-0.2, -0.15) is 5.10 Å². The molecule has 0 aliphatic carbocycles. The van der Waals surface area contributed by atoms with Gasteiger partial charge in [-0.3, -0.25) is 4.79 Å². The van der Waals surface area contributed by atoms with Crippen LogP contribution in [-0.2, 0) is 0 Å². The zero-order valence-corrected chi connectivity index (χ0v) is 16.7. The highest BCUT2D eigenvalue weighted by Gasteiger charge is 2.37. The van der Waals surface area contributed by atoms with Crippen molar-refractivity contribution in [3.8, 4) is 0 Å². The van der Waals surface area contributed by atoms with E-state index < -0.39 is 0 Å². The number of hydrogen-bond donors (Lipinski definition) is 1. The molecule has 7 nitrogen and oxygen atoms in total. The molecule has 5 heterocycles. The van der Waals surface area contributed by atoms with Crippen molar-refractivity contribution < 1.29 is 13.6 Å². The van der Waals surface area contributed by atoms with E-state index in [0.29, 0.717) is 34.2 Å². The van der Waals surface area contributed by atoms with Crippen LogP contribution in [-0.4, -0.2) is 21.6 Å². The lowest BCUT2D eigenvalue weighted by molar-refractivity contribution is 0.0699. The minimum atomic E-state index is -0.363. The van der Waals surface area contributed by atoms with E-state index in [1.807, 2.05) is 32.0 Å². The minimum absolute atomic E-state index is 0.273. The molecule has 0 saturated carbocycles. The number of aryl methyl sites for hydroxylation is 2. The van der Waals surface area contributed by atoms with Crippen molar-refractivity contribution >= 4 is 38.9 Å². The monoisotopic (exact) mass is 406 g/mol. The molecule has 4 aromatic heterocycles. The third kappa shape index (κ3) is 2.84. The molecular formula is C21H18N4O3S. The van der Waals surface area contributed by atoms with E-state index in [1.54, 1.807) is 24.7 Å². The number of fused-ring (bicyclic) bond motifs is 1. The molecule has 1 aliphatic rings. The SMILES string of the molecule is Cc1cc(C)c2c(N)c(C(=O)N3N=C(c4ccco4)C[C@@H]3c3ccco3)sc2n1. The number of thiophene rings is 1. The van der Waals surface area contributed by atoms with Gasteiger partial charge in [0.15, 0.2) is 0 Å². The summed E-state index contributed by atoms with van der Waals surface area (Å²) in [5.74, 6) is 1.02. The Kier molecular flexibility index (Phi) is 4.02. The average Bonchev–Trinajstić information content (AvgIpc) is 3.46. The summed E-state index contributed by atoms with van der Waals surface area (Å²) < 4.78 is 11.1. The summed E-state index contributed by atoms with van der Waals surface area (Å²) in [6.45, 7) is 3.90. The van der Waals surface area contributed by atoms with E-state index in [-0.39, 0.29) is 11.9 Å². The molecule has 0 fully saturated rings. The number of furan rings is 2. The number of nitrogen functional groups attached to an aromatic ring is 1. The van der Waals surface area contributed by atoms with Crippen molar-refractivity contribution in [3.63, 3.8) is 0 Å². The molecule has 1 atom stereocenters. The molecule has 146 valence electrons. The van der Waals surface area contributed by atoms with Crippen LogP contribution in [0.2, 0.25) is 0 Å². The smallest absolute Gasteiger partial charge is 0.286 e. The molecule has 0 bridgehead atoms. The first-order valence-corrected chi connectivity index (χ1v) is 9.99. The number of anilines is 1. The van der Waals surface area contributed by atoms with Gasteiger partial charge >= 0.3 is 0 Å². The van der Waals surface area contributed by atoms with Gasteiger partial charge in [0.2, 0.25) is 0 Å². The van der Waals surface area contributed by atoms with Gasteiger partial charge in [-0.25, -0.2) is 9.99 Å². The number of nitrogens with zero attached hydrogens (tertiary/aromatic N) is 3. The summed E-state index contributed by atoms with van der Waals surface area (Å²) in [7, 11) is 0. The highest BCUT2D eigenvalue weighted by atomic mass is 32.1. The summed E-state index contributed by atoms with van der Waals surface area (Å²) >= 11 is 1.29. The van der Waals surface area contributed by atoms with Crippen molar-refractivity contribution in [1.29, 1.82) is 0 Å². The van der Waals surface area contributed by atoms with Crippen LogP contribution in [0.5, 0.6) is 0 Å². The highest BCUT2D eigenvalue weighted by molar-refractivity contribution is 7.21. The molecule has 8 heteroatoms. The van der Waals surface area contributed by atoms with Gasteiger partial charge in [-0.15, -0.1) is 11.3 Å². The summed E-state index contributed by atoms with van der Waals surface area (Å²) in [5, 5.41) is 6.84. The Morgan fingerprint density at radius 2 is 2.03 bits per heavy atom. The maximum Gasteiger partial charge on any atom is 0.286 e. The number of hydrazone groups is 1. The van der Waals surface area contributed by atoms with Crippen LogP contribution in [0.1, 0.15) is 44.9 Å². The third-order valence-corrected chi connectivity index (χ3v) is 6.10. The number of carbonyl (C=O) groups excluding carboxylic acids is 1. The number of nitrogens with two attached hydrogens (primary N) is 1. The zero-order chi connectivity index (χ0) is 20.1. The predicted molar refractivity (Wildman–Crippen MR) is 111 cm³/mol. The lowest BCUT2D eigenvalue weighted by Crippen LogP contribution is -2.26. The van der Waals surface area contributed by atoms with E-state index in [2.05, 4.69) is 10.1 Å². The quantitative estimate of drug-likeness (QED) is 0.533. The second-order valence-electron chi connectivity index (χ2n) is 7.01. The van der Waals surface area contributed by atoms with Gasteiger partial charge in [-0.1, -0.05) is 0 Å². The lowest BCUT2D eigenvalue weighted by atomic mass is 10.1. The van der Waals surface area contributed by atoms with Crippen LogP contribution in [0.25, 0.3) is 10.2 Å². The maximum atomic E-state index is 13.5. The summed E-state index contributed by atoms with van der Waals surface area (Å²) in [5.41, 5.74) is 9.41. The molecule has 0 radical (unpaired) electrons. The second kappa shape index (κ2) is 6.59. The van der Waals surface area contributed by atoms with Gasteiger partial charge < -0.3 is 14.6 Å². The van der Waals surface area contributed by atoms with Crippen LogP contribution in [0.4, 0.5) is 5.69 Å². The fourth-order valence-corrected chi connectivity index (χ4v) is 4.87. The fraction of sp³-hybridized carbons (Fsp3) is 0.190. The van der Waals surface area contributed by atoms with Crippen LogP contribution in [0.3, 0.4) is 0 Å². The zero-order valence-electron chi connectivity index (χ0n) is 15.9. The van der Waals surface area contributed by atoms with Crippen molar-refractivity contribution in [2.24, 2.45) is 5.10 Å². The summed E-state index contributed by atoms with van der Waals surface area (Å²) in [6.07, 6.45) is 3.67. The van der Waals surface area contributed by atoms with E-state index in [4.69, 9.17) is 14.6 Å². The van der Waals surface area contributed by atoms with E-state index in [1.165, 1.54) is 16.3 Å². The summed E-state index contributed by atoms with van der Waals surface area (Å²) in [4.78, 5) is 19.2. The molecule has 1 aliphatic heterocycles. The fourth-order valence-electron chi connectivity index (χ4n) is 3.72. The van der Waals surface area contributed by atoms with Crippen molar-refractivity contribution in [1.82, 2.24) is 9.99 Å². The number of aromatic nitrogens is 1. The Morgan fingerprint density at radius 1 is 1.24 bits per heavy atom. The molecule has 29 heavy (non-hydrogen) atoms. The number of amides is 1. The Hall–Kier alpha value is -3.39. The van der Waals surface area contributed by atoms with Gasteiger partial charge in [0.25, 0.3) is 5.91 Å². The maximum absolute atomic E-state index is 13.5. The number of rotatable bonds is 3. The van der Waals surface area contributed by atoms with Crippen molar-refractivity contribution in [3.05, 3.63) is 70.5 Å². The number of hydrogen-bond acceptors (Lipinski definition) is 7. The van der Waals surface area contributed by atoms with E-state index >= 15 is 0 Å². The molecule has 4 aromatic rings. The Bertz CT molecular complexity index is 1240. The number of pyridine rings is 1. The first kappa shape index (κ1) is 17.7. The van der Waals surface area contributed by atoms with Crippen LogP contribution < -0.4 is 5.73 Å². The number of carbonyl (C=O) groups is 1. The molecular weight excluding hydrogens is 388 g/mol. The van der Waals surface area contributed by atoms with Crippen molar-refractivity contribution in [2.75, 3.05) is 5.73 Å². The molecule has 0 aromatic carbocycles. The van der Waals surface area contributed by atoms with Gasteiger partial charge in [-0.05, 0) is 49.7 Å². The van der Waals surface area contributed by atoms with Crippen LogP contribution in [0, 0.1) is 13.8 Å². The van der Waals surface area contributed by atoms with Gasteiger partial charge in [0.1, 0.15) is 33.0 Å². The first-order chi connectivity index (χ1) is 14.0. The van der Waals surface area contributed by atoms with Gasteiger partial charge in [0, 0.05) is 17.5 Å². The average molecular weight is 406 g/mol. The third-order valence-electron chi connectivity index (χ3n) is 5.01. The molecule has 0 saturated heterocycles.